The second kappa shape index (κ2) is 13.5. The molecule has 0 aliphatic heterocycles. The monoisotopic (exact) mass is 748 g/mol. The van der Waals surface area contributed by atoms with Crippen molar-refractivity contribution in [1.82, 2.24) is 0 Å². The molecule has 0 saturated heterocycles. The number of allylic oxidation sites excluding steroid dienone is 4. The van der Waals surface area contributed by atoms with Crippen molar-refractivity contribution in [1.29, 1.82) is 0 Å². The molecule has 0 aromatic heterocycles. The molecule has 3 aromatic rings. The Bertz CT molecular complexity index is 1710. The second-order valence-corrected chi connectivity index (χ2v) is 28.1. The van der Waals surface area contributed by atoms with E-state index in [0.29, 0.717) is 5.92 Å². The Morgan fingerprint density at radius 3 is 1.72 bits per heavy atom. The van der Waals surface area contributed by atoms with Crippen LogP contribution in [0.2, 0.25) is 19.6 Å². The van der Waals surface area contributed by atoms with Gasteiger partial charge in [-0.3, -0.25) is 0 Å². The average Bonchev–Trinajstić information content (AvgIpc) is 3.41. The fraction of sp³-hybridized carbons (Fsp3) is 0.452. The second-order valence-electron chi connectivity index (χ2n) is 17.7. The van der Waals surface area contributed by atoms with Crippen LogP contribution in [0.15, 0.2) is 74.7 Å². The number of halogens is 2. The Balaban J connectivity index is 0.00000288. The third-order valence-corrected chi connectivity index (χ3v) is 19.6. The van der Waals surface area contributed by atoms with Gasteiger partial charge in [0, 0.05) is 0 Å². The molecule has 0 saturated carbocycles. The molecule has 2 aliphatic rings. The molecule has 0 heterocycles. The van der Waals surface area contributed by atoms with Crippen LogP contribution in [0.25, 0.3) is 11.1 Å². The molecule has 1 atom stereocenters. The van der Waals surface area contributed by atoms with E-state index in [4.69, 9.17) is 0 Å². The van der Waals surface area contributed by atoms with Crippen LogP contribution < -0.4 is 28.1 Å². The quantitative estimate of drug-likeness (QED) is 0.259. The minimum atomic E-state index is -2.57. The molecular weight excluding hydrogens is 695 g/mol. The summed E-state index contributed by atoms with van der Waals surface area (Å²) in [5.41, 5.74) is 13.8. The van der Waals surface area contributed by atoms with Crippen LogP contribution in [0.3, 0.4) is 0 Å². The standard InChI is InChI=1S/C21H25.C11H14.C10H17Si.2ClH.Zr/c1-20(2,3)16-9-7-14-11-15-8-10-17(21(4,5)6)13-19(15)18(14)12-16;1-9-5-7-10(8-6-9)11(2,3)4;1-8-6-9(2)10(7-8)11(3,4)5;;;/h7,9-10,12-13H,11H2,1-6H3;1,5-8H,2-4H3;7-8H,1-5H3;2*1H;/q;;;;;+2/p-2. The molecule has 0 spiro atoms. The number of hydrogen-bond donors (Lipinski definition) is 0. The fourth-order valence-electron chi connectivity index (χ4n) is 7.17. The summed E-state index contributed by atoms with van der Waals surface area (Å²) >= 11 is -2.57. The predicted molar refractivity (Wildman–Crippen MR) is 195 cm³/mol. The minimum absolute atomic E-state index is 0. The van der Waals surface area contributed by atoms with Crippen molar-refractivity contribution in [3.05, 3.63) is 108 Å². The van der Waals surface area contributed by atoms with E-state index < -0.39 is 29.3 Å². The van der Waals surface area contributed by atoms with Crippen molar-refractivity contribution in [2.45, 2.75) is 118 Å². The van der Waals surface area contributed by atoms with E-state index in [1.54, 1.807) is 22.9 Å². The Morgan fingerprint density at radius 1 is 0.696 bits per heavy atom. The van der Waals surface area contributed by atoms with Crippen molar-refractivity contribution in [2.24, 2.45) is 5.92 Å². The molecule has 246 valence electrons. The van der Waals surface area contributed by atoms with Crippen LogP contribution in [-0.2, 0) is 43.9 Å². The molecule has 1 unspecified atom stereocenters. The summed E-state index contributed by atoms with van der Waals surface area (Å²) in [7, 11) is -1.45. The summed E-state index contributed by atoms with van der Waals surface area (Å²) in [6, 6.07) is 22.1. The van der Waals surface area contributed by atoms with Gasteiger partial charge in [-0.05, 0) is 0 Å². The van der Waals surface area contributed by atoms with E-state index in [1.807, 2.05) is 0 Å². The van der Waals surface area contributed by atoms with Gasteiger partial charge in [0.2, 0.25) is 0 Å². The van der Waals surface area contributed by atoms with Gasteiger partial charge in [0.1, 0.15) is 0 Å². The van der Waals surface area contributed by atoms with Crippen LogP contribution in [0.5, 0.6) is 0 Å². The largest absolute Gasteiger partial charge is 1.00 e. The van der Waals surface area contributed by atoms with E-state index in [2.05, 4.69) is 160 Å². The molecule has 0 nitrogen and oxygen atoms in total. The number of benzene rings is 3. The maximum absolute atomic E-state index is 2.79. The Labute approximate surface area is 302 Å². The van der Waals surface area contributed by atoms with Gasteiger partial charge >= 0.3 is 280 Å². The Kier molecular flexibility index (Phi) is 11.5. The van der Waals surface area contributed by atoms with E-state index in [9.17, 15) is 0 Å². The van der Waals surface area contributed by atoms with Gasteiger partial charge in [-0.15, -0.1) is 0 Å². The number of rotatable bonds is 4. The van der Waals surface area contributed by atoms with Gasteiger partial charge in [-0.25, -0.2) is 0 Å². The Morgan fingerprint density at radius 2 is 1.22 bits per heavy atom. The van der Waals surface area contributed by atoms with E-state index >= 15 is 0 Å². The molecule has 0 amide bonds. The van der Waals surface area contributed by atoms with Crippen LogP contribution >= 0.6 is 0 Å². The van der Waals surface area contributed by atoms with Crippen LogP contribution in [0, 0.1) is 5.92 Å². The summed E-state index contributed by atoms with van der Waals surface area (Å²) in [6.45, 7) is 33.7. The van der Waals surface area contributed by atoms with Crippen molar-refractivity contribution in [2.75, 3.05) is 0 Å². The first-order chi connectivity index (χ1) is 20.2. The summed E-state index contributed by atoms with van der Waals surface area (Å²) < 4.78 is 6.29. The normalized spacial score (nSPS) is 16.5. The van der Waals surface area contributed by atoms with Crippen LogP contribution in [0.4, 0.5) is 0 Å². The molecule has 0 radical (unpaired) electrons. The topological polar surface area (TPSA) is 0 Å². The molecule has 46 heavy (non-hydrogen) atoms. The third-order valence-electron chi connectivity index (χ3n) is 9.91. The van der Waals surface area contributed by atoms with Crippen molar-refractivity contribution >= 4 is 15.1 Å². The summed E-state index contributed by atoms with van der Waals surface area (Å²) in [6.07, 6.45) is 3.72. The SMILES string of the molecule is CC1=[C](/[Zr+2](=[CH]/c2ccc(C(C)(C)C)cc2)[c]2cc(C(C)(C)C)cc3c2Cc2ccc(C(C)(C)C)cc2-3)C(C)C=C1[Si](C)(C)C.[Cl-].[Cl-]. The molecular formula is C42H56Cl2SiZr. The maximum Gasteiger partial charge on any atom is -1.00 e. The first kappa shape index (κ1) is 39.1. The van der Waals surface area contributed by atoms with E-state index in [-0.39, 0.29) is 41.1 Å². The van der Waals surface area contributed by atoms with E-state index in [0.717, 1.165) is 6.42 Å². The van der Waals surface area contributed by atoms with Gasteiger partial charge in [0.25, 0.3) is 0 Å². The molecule has 4 heteroatoms. The average molecular weight is 751 g/mol. The van der Waals surface area contributed by atoms with Crippen molar-refractivity contribution in [3.63, 3.8) is 0 Å². The maximum atomic E-state index is 2.79. The van der Waals surface area contributed by atoms with Gasteiger partial charge in [0.05, 0.1) is 0 Å². The zero-order valence-electron chi connectivity index (χ0n) is 30.9. The van der Waals surface area contributed by atoms with Crippen LogP contribution in [0.1, 0.15) is 110 Å². The molecule has 0 bridgehead atoms. The molecule has 3 aromatic carbocycles. The summed E-state index contributed by atoms with van der Waals surface area (Å²) in [5.74, 6) is 0.515. The molecule has 2 aliphatic carbocycles. The fourth-order valence-corrected chi connectivity index (χ4v) is 17.1. The zero-order valence-corrected chi connectivity index (χ0v) is 35.9. The van der Waals surface area contributed by atoms with E-state index in [1.165, 1.54) is 38.9 Å². The Hall–Kier alpha value is -1.31. The predicted octanol–water partition coefficient (Wildman–Crippen LogP) is 4.98. The smallest absolute Gasteiger partial charge is 1.00 e. The molecule has 0 N–H and O–H groups in total. The first-order valence-corrected chi connectivity index (χ1v) is 24.1. The number of hydrogen-bond acceptors (Lipinski definition) is 0. The van der Waals surface area contributed by atoms with Crippen LogP contribution in [-0.4, -0.2) is 11.8 Å². The van der Waals surface area contributed by atoms with Crippen molar-refractivity contribution in [3.8, 4) is 11.1 Å². The summed E-state index contributed by atoms with van der Waals surface area (Å²) in [5, 5.41) is 1.69. The first-order valence-electron chi connectivity index (χ1n) is 16.7. The zero-order chi connectivity index (χ0) is 32.6. The number of fused-ring (bicyclic) bond motifs is 3. The van der Waals surface area contributed by atoms with Gasteiger partial charge in [0.15, 0.2) is 0 Å². The van der Waals surface area contributed by atoms with Crippen molar-refractivity contribution < 1.29 is 46.1 Å². The molecule has 0 fully saturated rings. The minimum Gasteiger partial charge on any atom is -1.00 e. The van der Waals surface area contributed by atoms with Gasteiger partial charge in [-0.1, -0.05) is 0 Å². The van der Waals surface area contributed by atoms with Gasteiger partial charge < -0.3 is 24.8 Å². The summed E-state index contributed by atoms with van der Waals surface area (Å²) in [4.78, 5) is 0. The third kappa shape index (κ3) is 7.77. The molecule has 5 rings (SSSR count). The van der Waals surface area contributed by atoms with Gasteiger partial charge in [-0.2, -0.15) is 0 Å².